The third-order valence-electron chi connectivity index (χ3n) is 3.68. The first-order valence-electron chi connectivity index (χ1n) is 7.03. The summed E-state index contributed by atoms with van der Waals surface area (Å²) in [7, 11) is 1.60. The first-order valence-corrected chi connectivity index (χ1v) is 7.40. The number of halogens is 1. The fourth-order valence-electron chi connectivity index (χ4n) is 2.51. The van der Waals surface area contributed by atoms with Gasteiger partial charge in [-0.3, -0.25) is 13.9 Å². The molecule has 23 heavy (non-hydrogen) atoms. The lowest BCUT2D eigenvalue weighted by molar-refractivity contribution is 0.653. The summed E-state index contributed by atoms with van der Waals surface area (Å²) in [5, 5.41) is 0.605. The van der Waals surface area contributed by atoms with E-state index in [0.29, 0.717) is 22.7 Å². The van der Waals surface area contributed by atoms with Gasteiger partial charge in [0.2, 0.25) is 0 Å². The van der Waals surface area contributed by atoms with Crippen LogP contribution in [0.15, 0.2) is 52.8 Å². The second-order valence-electron chi connectivity index (χ2n) is 5.22. The maximum Gasteiger partial charge on any atom is 0.332 e. The lowest BCUT2D eigenvalue weighted by atomic mass is 10.2. The standard InChI is InChI=1S/C16H15ClN4O2/c1-3-8-20-10-18-14-13(20)15(22)21(16(23)19(14)2)9-11-4-6-12(17)7-5-11/h3-7,10H,1,8-9H2,2H3. The van der Waals surface area contributed by atoms with Gasteiger partial charge in [0.25, 0.3) is 5.56 Å². The molecule has 2 aromatic heterocycles. The number of nitrogens with zero attached hydrogens (tertiary/aromatic N) is 4. The zero-order valence-electron chi connectivity index (χ0n) is 12.6. The number of benzene rings is 1. The number of aromatic nitrogens is 4. The van der Waals surface area contributed by atoms with Crippen LogP contribution in [-0.4, -0.2) is 18.7 Å². The maximum atomic E-state index is 12.8. The van der Waals surface area contributed by atoms with Gasteiger partial charge in [0.1, 0.15) is 0 Å². The predicted octanol–water partition coefficient (Wildman–Crippen LogP) is 1.78. The Kier molecular flexibility index (Phi) is 3.92. The fraction of sp³-hybridized carbons (Fsp3) is 0.188. The normalized spacial score (nSPS) is 11.0. The van der Waals surface area contributed by atoms with Crippen molar-refractivity contribution in [2.45, 2.75) is 13.1 Å². The van der Waals surface area contributed by atoms with Crippen molar-refractivity contribution >= 4 is 22.8 Å². The third kappa shape index (κ3) is 2.61. The first-order chi connectivity index (χ1) is 11.0. The highest BCUT2D eigenvalue weighted by Crippen LogP contribution is 2.10. The number of rotatable bonds is 4. The van der Waals surface area contributed by atoms with Crippen LogP contribution in [0.2, 0.25) is 5.02 Å². The van der Waals surface area contributed by atoms with E-state index in [1.54, 1.807) is 48.3 Å². The number of allylic oxidation sites excluding steroid dienone is 1. The molecule has 0 aliphatic rings. The molecule has 0 N–H and O–H groups in total. The number of imidazole rings is 1. The molecule has 0 unspecified atom stereocenters. The smallest absolute Gasteiger partial charge is 0.321 e. The highest BCUT2D eigenvalue weighted by molar-refractivity contribution is 6.30. The summed E-state index contributed by atoms with van der Waals surface area (Å²) in [5.74, 6) is 0. The summed E-state index contributed by atoms with van der Waals surface area (Å²) in [6, 6.07) is 7.04. The first kappa shape index (κ1) is 15.3. The van der Waals surface area contributed by atoms with Gasteiger partial charge in [-0.1, -0.05) is 29.8 Å². The highest BCUT2D eigenvalue weighted by atomic mass is 35.5. The molecule has 0 radical (unpaired) electrons. The Balaban J connectivity index is 2.22. The number of hydrogen-bond donors (Lipinski definition) is 0. The Labute approximate surface area is 136 Å². The molecule has 118 valence electrons. The van der Waals surface area contributed by atoms with E-state index in [1.807, 2.05) is 0 Å². The molecular formula is C16H15ClN4O2. The number of hydrogen-bond acceptors (Lipinski definition) is 3. The summed E-state index contributed by atoms with van der Waals surface area (Å²) in [4.78, 5) is 29.4. The van der Waals surface area contributed by atoms with Crippen LogP contribution in [-0.2, 0) is 20.1 Å². The van der Waals surface area contributed by atoms with Crippen LogP contribution in [0.3, 0.4) is 0 Å². The van der Waals surface area contributed by atoms with E-state index in [4.69, 9.17) is 11.6 Å². The van der Waals surface area contributed by atoms with Gasteiger partial charge in [0.05, 0.1) is 12.9 Å². The molecule has 3 rings (SSSR count). The molecular weight excluding hydrogens is 316 g/mol. The molecule has 0 fully saturated rings. The van der Waals surface area contributed by atoms with Gasteiger partial charge in [-0.05, 0) is 17.7 Å². The van der Waals surface area contributed by atoms with E-state index in [9.17, 15) is 9.59 Å². The minimum absolute atomic E-state index is 0.178. The van der Waals surface area contributed by atoms with E-state index >= 15 is 0 Å². The van der Waals surface area contributed by atoms with Gasteiger partial charge in [-0.25, -0.2) is 9.78 Å². The van der Waals surface area contributed by atoms with Gasteiger partial charge >= 0.3 is 5.69 Å². The van der Waals surface area contributed by atoms with E-state index in [0.717, 1.165) is 5.56 Å². The molecule has 0 bridgehead atoms. The maximum absolute atomic E-state index is 12.8. The molecule has 3 aromatic rings. The summed E-state index contributed by atoms with van der Waals surface area (Å²) in [6.45, 7) is 4.30. The van der Waals surface area contributed by atoms with E-state index in [-0.39, 0.29) is 12.1 Å². The summed E-state index contributed by atoms with van der Waals surface area (Å²) < 4.78 is 4.27. The second kappa shape index (κ2) is 5.89. The number of aryl methyl sites for hydroxylation is 1. The molecule has 0 saturated heterocycles. The van der Waals surface area contributed by atoms with Crippen LogP contribution >= 0.6 is 11.6 Å². The molecule has 0 atom stereocenters. The molecule has 0 saturated carbocycles. The van der Waals surface area contributed by atoms with Crippen molar-refractivity contribution < 1.29 is 0 Å². The SMILES string of the molecule is C=CCn1cnc2c1c(=O)n(Cc1ccc(Cl)cc1)c(=O)n2C. The summed E-state index contributed by atoms with van der Waals surface area (Å²) in [6.07, 6.45) is 3.22. The Morgan fingerprint density at radius 2 is 1.96 bits per heavy atom. The van der Waals surface area contributed by atoms with Crippen molar-refractivity contribution in [3.05, 3.63) is 74.7 Å². The van der Waals surface area contributed by atoms with Crippen molar-refractivity contribution in [3.8, 4) is 0 Å². The number of fused-ring (bicyclic) bond motifs is 1. The van der Waals surface area contributed by atoms with Crippen LogP contribution in [0, 0.1) is 0 Å². The van der Waals surface area contributed by atoms with Crippen LogP contribution in [0.25, 0.3) is 11.2 Å². The Morgan fingerprint density at radius 1 is 1.26 bits per heavy atom. The van der Waals surface area contributed by atoms with Gasteiger partial charge < -0.3 is 4.57 Å². The van der Waals surface area contributed by atoms with E-state index < -0.39 is 5.69 Å². The van der Waals surface area contributed by atoms with Gasteiger partial charge in [0, 0.05) is 18.6 Å². The van der Waals surface area contributed by atoms with Crippen LogP contribution in [0.5, 0.6) is 0 Å². The van der Waals surface area contributed by atoms with E-state index in [1.165, 1.54) is 9.13 Å². The molecule has 7 heteroatoms. The second-order valence-corrected chi connectivity index (χ2v) is 5.65. The molecule has 6 nitrogen and oxygen atoms in total. The van der Waals surface area contributed by atoms with Gasteiger partial charge in [-0.15, -0.1) is 6.58 Å². The summed E-state index contributed by atoms with van der Waals surface area (Å²) >= 11 is 5.87. The van der Waals surface area contributed by atoms with Crippen molar-refractivity contribution in [2.75, 3.05) is 0 Å². The molecule has 0 spiro atoms. The molecule has 2 heterocycles. The van der Waals surface area contributed by atoms with Gasteiger partial charge in [-0.2, -0.15) is 0 Å². The van der Waals surface area contributed by atoms with Crippen molar-refractivity contribution in [2.24, 2.45) is 7.05 Å². The van der Waals surface area contributed by atoms with E-state index in [2.05, 4.69) is 11.6 Å². The van der Waals surface area contributed by atoms with Crippen LogP contribution in [0.4, 0.5) is 0 Å². The molecule has 1 aromatic carbocycles. The Morgan fingerprint density at radius 3 is 2.61 bits per heavy atom. The molecule has 0 aliphatic heterocycles. The van der Waals surface area contributed by atoms with Crippen molar-refractivity contribution in [1.82, 2.24) is 18.7 Å². The predicted molar refractivity (Wildman–Crippen MR) is 90.0 cm³/mol. The lowest BCUT2D eigenvalue weighted by Crippen LogP contribution is -2.39. The van der Waals surface area contributed by atoms with Crippen molar-refractivity contribution in [1.29, 1.82) is 0 Å². The zero-order valence-corrected chi connectivity index (χ0v) is 13.3. The monoisotopic (exact) mass is 330 g/mol. The highest BCUT2D eigenvalue weighted by Gasteiger charge is 2.15. The fourth-order valence-corrected chi connectivity index (χ4v) is 2.64. The largest absolute Gasteiger partial charge is 0.332 e. The third-order valence-corrected chi connectivity index (χ3v) is 3.93. The molecule has 0 amide bonds. The molecule has 0 aliphatic carbocycles. The Hall–Kier alpha value is -2.60. The zero-order chi connectivity index (χ0) is 16.6. The van der Waals surface area contributed by atoms with Crippen LogP contribution in [0.1, 0.15) is 5.56 Å². The average molecular weight is 331 g/mol. The Bertz CT molecular complexity index is 996. The van der Waals surface area contributed by atoms with Gasteiger partial charge in [0.15, 0.2) is 11.2 Å². The summed E-state index contributed by atoms with van der Waals surface area (Å²) in [5.41, 5.74) is 0.816. The average Bonchev–Trinajstić information content (AvgIpc) is 2.96. The topological polar surface area (TPSA) is 61.8 Å². The minimum Gasteiger partial charge on any atom is -0.321 e. The quantitative estimate of drug-likeness (QED) is 0.685. The minimum atomic E-state index is -0.402. The van der Waals surface area contributed by atoms with Crippen molar-refractivity contribution in [3.63, 3.8) is 0 Å². The lowest BCUT2D eigenvalue weighted by Gasteiger charge is -2.09. The van der Waals surface area contributed by atoms with Crippen LogP contribution < -0.4 is 11.2 Å².